The minimum atomic E-state index is -1.06. The number of nitrogens with zero attached hydrogens (tertiary/aromatic N) is 2. The van der Waals surface area contributed by atoms with E-state index in [1.54, 1.807) is 72.8 Å². The summed E-state index contributed by atoms with van der Waals surface area (Å²) in [5.74, 6) is -1.57. The maximum atomic E-state index is 12.0. The van der Waals surface area contributed by atoms with Crippen molar-refractivity contribution in [2.45, 2.75) is 0 Å². The van der Waals surface area contributed by atoms with Crippen LogP contribution in [0, 0.1) is 0 Å². The Labute approximate surface area is 227 Å². The van der Waals surface area contributed by atoms with E-state index in [1.807, 2.05) is 0 Å². The van der Waals surface area contributed by atoms with Crippen LogP contribution in [0.1, 0.15) is 32.2 Å². The number of hydrogen-bond donors (Lipinski definition) is 2. The second-order valence-electron chi connectivity index (χ2n) is 7.95. The molecule has 4 aromatic rings. The van der Waals surface area contributed by atoms with Gasteiger partial charge in [-0.15, -0.1) is 0 Å². The fraction of sp³-hybridized carbons (Fsp3) is 0.0714. The zero-order chi connectivity index (χ0) is 28.5. The third kappa shape index (κ3) is 6.75. The maximum Gasteiger partial charge on any atom is 0.337 e. The molecule has 0 bridgehead atoms. The van der Waals surface area contributed by atoms with E-state index in [0.717, 1.165) is 0 Å². The van der Waals surface area contributed by atoms with E-state index in [2.05, 4.69) is 21.1 Å². The highest BCUT2D eigenvalue weighted by Gasteiger charge is 2.13. The third-order valence-corrected chi connectivity index (χ3v) is 5.31. The minimum Gasteiger partial charge on any atom is -0.465 e. The van der Waals surface area contributed by atoms with E-state index >= 15 is 0 Å². The van der Waals surface area contributed by atoms with Gasteiger partial charge in [0.05, 0.1) is 37.8 Å². The van der Waals surface area contributed by atoms with Crippen molar-refractivity contribution >= 4 is 36.2 Å². The summed E-state index contributed by atoms with van der Waals surface area (Å²) in [5, 5.41) is 7.40. The zero-order valence-electron chi connectivity index (χ0n) is 21.2. The van der Waals surface area contributed by atoms with Gasteiger partial charge >= 0.3 is 23.8 Å². The second kappa shape index (κ2) is 12.6. The van der Waals surface area contributed by atoms with E-state index in [-0.39, 0.29) is 0 Å². The van der Waals surface area contributed by atoms with E-state index in [4.69, 9.17) is 18.3 Å². The molecule has 2 N–H and O–H groups in total. The van der Waals surface area contributed by atoms with E-state index < -0.39 is 23.8 Å². The van der Waals surface area contributed by atoms with Gasteiger partial charge in [-0.3, -0.25) is 9.59 Å². The topological polar surface area (TPSA) is 162 Å². The van der Waals surface area contributed by atoms with E-state index in [1.165, 1.54) is 26.6 Å². The quantitative estimate of drug-likeness (QED) is 0.148. The number of hydrogen-bond acceptors (Lipinski definition) is 10. The smallest absolute Gasteiger partial charge is 0.337 e. The van der Waals surface area contributed by atoms with E-state index in [9.17, 15) is 19.2 Å². The van der Waals surface area contributed by atoms with Gasteiger partial charge in [0.15, 0.2) is 0 Å². The zero-order valence-corrected chi connectivity index (χ0v) is 21.2. The summed E-state index contributed by atoms with van der Waals surface area (Å²) in [7, 11) is 2.59. The average molecular weight is 543 g/mol. The number of amides is 2. The van der Waals surface area contributed by atoms with Crippen LogP contribution in [0.2, 0.25) is 0 Å². The Morgan fingerprint density at radius 1 is 0.650 bits per heavy atom. The summed E-state index contributed by atoms with van der Waals surface area (Å²) in [6.45, 7) is 0. The highest BCUT2D eigenvalue weighted by Crippen LogP contribution is 2.24. The number of nitrogens with one attached hydrogen (secondary N) is 2. The van der Waals surface area contributed by atoms with Crippen LogP contribution in [-0.2, 0) is 19.1 Å². The third-order valence-electron chi connectivity index (χ3n) is 5.31. The fourth-order valence-electron chi connectivity index (χ4n) is 3.40. The molecule has 40 heavy (non-hydrogen) atoms. The molecule has 4 rings (SSSR count). The normalized spacial score (nSPS) is 10.9. The van der Waals surface area contributed by atoms with Gasteiger partial charge in [-0.2, -0.15) is 10.2 Å². The van der Waals surface area contributed by atoms with Crippen molar-refractivity contribution in [3.8, 4) is 22.6 Å². The molecule has 0 aliphatic rings. The number of carbonyl (C=O) groups excluding carboxylic acids is 4. The number of ether oxygens (including phenoxy) is 2. The van der Waals surface area contributed by atoms with Crippen LogP contribution in [0.3, 0.4) is 0 Å². The number of carbonyl (C=O) groups is 4. The molecule has 0 saturated carbocycles. The fourth-order valence-corrected chi connectivity index (χ4v) is 3.40. The lowest BCUT2D eigenvalue weighted by molar-refractivity contribution is -0.139. The lowest BCUT2D eigenvalue weighted by Crippen LogP contribution is -2.35. The Morgan fingerprint density at radius 3 is 1.48 bits per heavy atom. The van der Waals surface area contributed by atoms with Gasteiger partial charge in [0.25, 0.3) is 0 Å². The molecule has 12 heteroatoms. The SMILES string of the molecule is COC(=O)c1cccc(-c2ccc(/C=N\NC(=O)C(=O)N/N=C/c3ccc(-c4cccc(C(=O)OC)c4)o3)o2)c1. The molecule has 0 saturated heterocycles. The Kier molecular flexibility index (Phi) is 8.62. The second-order valence-corrected chi connectivity index (χ2v) is 7.95. The number of methoxy groups -OCH3 is 2. The molecule has 2 aromatic carbocycles. The van der Waals surface area contributed by atoms with E-state index in [0.29, 0.717) is 45.3 Å². The van der Waals surface area contributed by atoms with Crippen molar-refractivity contribution in [2.24, 2.45) is 10.2 Å². The maximum absolute atomic E-state index is 12.0. The van der Waals surface area contributed by atoms with Crippen LogP contribution in [0.15, 0.2) is 91.8 Å². The molecular weight excluding hydrogens is 520 g/mol. The average Bonchev–Trinajstić information content (AvgIpc) is 3.66. The standard InChI is InChI=1S/C28H22N4O8/c1-37-27(35)19-7-3-5-17(13-19)23-11-9-21(39-23)15-29-31-25(33)26(34)32-30-16-22-10-12-24(40-22)18-6-4-8-20(14-18)28(36)38-2/h3-16H,1-2H3,(H,31,33)(H,32,34)/b29-15-,30-16+. The first-order valence-corrected chi connectivity index (χ1v) is 11.6. The Hall–Kier alpha value is -5.78. The minimum absolute atomic E-state index is 0.294. The van der Waals surface area contributed by atoms with Crippen molar-refractivity contribution in [2.75, 3.05) is 14.2 Å². The molecule has 0 spiro atoms. The highest BCUT2D eigenvalue weighted by molar-refractivity contribution is 6.35. The summed E-state index contributed by atoms with van der Waals surface area (Å²) in [6.07, 6.45) is 2.42. The summed E-state index contributed by atoms with van der Waals surface area (Å²) in [5.41, 5.74) is 6.15. The molecule has 0 unspecified atom stereocenters. The number of benzene rings is 2. The largest absolute Gasteiger partial charge is 0.465 e. The van der Waals surface area contributed by atoms with Crippen molar-refractivity contribution < 1.29 is 37.5 Å². The Morgan fingerprint density at radius 2 is 1.07 bits per heavy atom. The molecule has 12 nitrogen and oxygen atoms in total. The van der Waals surface area contributed by atoms with Gasteiger partial charge in [-0.25, -0.2) is 20.4 Å². The summed E-state index contributed by atoms with van der Waals surface area (Å²) in [4.78, 5) is 47.4. The Bertz CT molecular complexity index is 1500. The van der Waals surface area contributed by atoms with Crippen LogP contribution < -0.4 is 10.9 Å². The van der Waals surface area contributed by atoms with Gasteiger partial charge in [-0.05, 0) is 48.5 Å². The number of esters is 2. The summed E-state index contributed by atoms with van der Waals surface area (Å²) < 4.78 is 20.7. The monoisotopic (exact) mass is 542 g/mol. The van der Waals surface area contributed by atoms with Crippen LogP contribution in [-0.4, -0.2) is 50.4 Å². The number of hydrazone groups is 2. The van der Waals surface area contributed by atoms with Crippen LogP contribution in [0.5, 0.6) is 0 Å². The molecular formula is C28H22N4O8. The number of rotatable bonds is 8. The molecule has 2 aromatic heterocycles. The van der Waals surface area contributed by atoms with Crippen molar-refractivity contribution in [1.29, 1.82) is 0 Å². The molecule has 202 valence electrons. The lowest BCUT2D eigenvalue weighted by atomic mass is 10.1. The van der Waals surface area contributed by atoms with Gasteiger partial charge in [0, 0.05) is 11.1 Å². The van der Waals surface area contributed by atoms with Gasteiger partial charge in [-0.1, -0.05) is 24.3 Å². The van der Waals surface area contributed by atoms with Gasteiger partial charge < -0.3 is 18.3 Å². The molecule has 0 radical (unpaired) electrons. The van der Waals surface area contributed by atoms with Gasteiger partial charge in [0.2, 0.25) is 0 Å². The molecule has 2 amide bonds. The van der Waals surface area contributed by atoms with Crippen LogP contribution in [0.25, 0.3) is 22.6 Å². The first kappa shape index (κ1) is 27.3. The molecule has 2 heterocycles. The summed E-state index contributed by atoms with van der Waals surface area (Å²) >= 11 is 0. The predicted molar refractivity (Wildman–Crippen MR) is 142 cm³/mol. The molecule has 0 aliphatic heterocycles. The van der Waals surface area contributed by atoms with Crippen LogP contribution in [0.4, 0.5) is 0 Å². The van der Waals surface area contributed by atoms with Crippen molar-refractivity contribution in [3.05, 3.63) is 95.4 Å². The van der Waals surface area contributed by atoms with Crippen molar-refractivity contribution in [3.63, 3.8) is 0 Å². The van der Waals surface area contributed by atoms with Gasteiger partial charge in [0.1, 0.15) is 23.0 Å². The first-order chi connectivity index (χ1) is 19.4. The first-order valence-electron chi connectivity index (χ1n) is 11.6. The Balaban J connectivity index is 1.28. The molecule has 0 atom stereocenters. The van der Waals surface area contributed by atoms with Crippen molar-refractivity contribution in [1.82, 2.24) is 10.9 Å². The number of furan rings is 2. The lowest BCUT2D eigenvalue weighted by Gasteiger charge is -2.01. The summed E-state index contributed by atoms with van der Waals surface area (Å²) in [6, 6.07) is 19.9. The predicted octanol–water partition coefficient (Wildman–Crippen LogP) is 3.38. The molecule has 0 aliphatic carbocycles. The van der Waals surface area contributed by atoms with Crippen LogP contribution >= 0.6 is 0 Å². The molecule has 0 fully saturated rings. The highest BCUT2D eigenvalue weighted by atomic mass is 16.5.